The Morgan fingerprint density at radius 2 is 2.23 bits per heavy atom. The lowest BCUT2D eigenvalue weighted by Gasteiger charge is -1.92. The van der Waals surface area contributed by atoms with E-state index >= 15 is 0 Å². The van der Waals surface area contributed by atoms with E-state index in [1.807, 2.05) is 12.1 Å². The first-order valence-corrected chi connectivity index (χ1v) is 3.77. The van der Waals surface area contributed by atoms with Gasteiger partial charge in [0.2, 0.25) is 0 Å². The minimum absolute atomic E-state index is 0.822. The van der Waals surface area contributed by atoms with Gasteiger partial charge in [-0.2, -0.15) is 0 Å². The third-order valence-corrected chi connectivity index (χ3v) is 1.91. The molecule has 0 atom stereocenters. The lowest BCUT2D eigenvalue weighted by atomic mass is 10.2. The van der Waals surface area contributed by atoms with E-state index in [-0.39, 0.29) is 0 Å². The van der Waals surface area contributed by atoms with Gasteiger partial charge in [0, 0.05) is 11.6 Å². The van der Waals surface area contributed by atoms with Gasteiger partial charge in [-0.3, -0.25) is 5.10 Å². The van der Waals surface area contributed by atoms with Crippen LogP contribution in [0, 0.1) is 6.33 Å². The second-order valence-electron chi connectivity index (χ2n) is 2.71. The fourth-order valence-electron chi connectivity index (χ4n) is 1.28. The van der Waals surface area contributed by atoms with Gasteiger partial charge in [-0.15, -0.1) is 5.10 Å². The highest BCUT2D eigenvalue weighted by Gasteiger charge is 2.00. The van der Waals surface area contributed by atoms with Crippen LogP contribution in [0.3, 0.4) is 0 Å². The molecule has 0 bridgehead atoms. The molecule has 61 valence electrons. The Morgan fingerprint density at radius 1 is 1.23 bits per heavy atom. The Balaban J connectivity index is 2.57. The first kappa shape index (κ1) is 6.47. The third kappa shape index (κ3) is 0.868. The Hall–Kier alpha value is -2.04. The molecule has 0 aliphatic heterocycles. The number of aromatic amines is 1. The molecule has 0 aliphatic rings. The Labute approximate surface area is 72.8 Å². The number of H-pyrrole nitrogens is 1. The molecule has 1 aromatic carbocycles. The van der Waals surface area contributed by atoms with Crippen LogP contribution in [0.15, 0.2) is 18.3 Å². The molecule has 0 fully saturated rings. The van der Waals surface area contributed by atoms with Gasteiger partial charge in [-0.25, -0.2) is 9.97 Å². The highest BCUT2D eigenvalue weighted by Crippen LogP contribution is 2.15. The number of aromatic nitrogens is 5. The van der Waals surface area contributed by atoms with E-state index in [2.05, 4.69) is 31.7 Å². The Morgan fingerprint density at radius 3 is 3.23 bits per heavy atom. The predicted octanol–water partition coefficient (Wildman–Crippen LogP) is 0.701. The van der Waals surface area contributed by atoms with Gasteiger partial charge in [0.15, 0.2) is 6.33 Å². The summed E-state index contributed by atoms with van der Waals surface area (Å²) in [6.07, 6.45) is 4.24. The van der Waals surface area contributed by atoms with Gasteiger partial charge in [0.25, 0.3) is 0 Å². The maximum atomic E-state index is 4.00. The Bertz CT molecular complexity index is 521. The van der Waals surface area contributed by atoms with E-state index in [9.17, 15) is 0 Å². The van der Waals surface area contributed by atoms with Crippen molar-refractivity contribution in [2.75, 3.05) is 0 Å². The monoisotopic (exact) mass is 170 g/mol. The second-order valence-corrected chi connectivity index (χ2v) is 2.71. The van der Waals surface area contributed by atoms with Gasteiger partial charge < -0.3 is 0 Å². The number of rotatable bonds is 0. The van der Waals surface area contributed by atoms with E-state index in [0.717, 1.165) is 21.9 Å². The van der Waals surface area contributed by atoms with Crippen LogP contribution in [-0.2, 0) is 0 Å². The Kier molecular flexibility index (Phi) is 1.11. The molecule has 3 rings (SSSR count). The standard InChI is InChI=1S/C8H4N5/c1-5-3-9-4-10-6(5)2-8-7(1)11-13-12-8/h1-3H,(H,11,12,13). The average Bonchev–Trinajstić information content (AvgIpc) is 2.61. The van der Waals surface area contributed by atoms with Crippen molar-refractivity contribution in [3.05, 3.63) is 24.7 Å². The maximum Gasteiger partial charge on any atom is 0.198 e. The largest absolute Gasteiger partial charge is 0.257 e. The van der Waals surface area contributed by atoms with E-state index in [4.69, 9.17) is 0 Å². The number of nitrogens with zero attached hydrogens (tertiary/aromatic N) is 4. The van der Waals surface area contributed by atoms with Crippen LogP contribution >= 0.6 is 0 Å². The van der Waals surface area contributed by atoms with Gasteiger partial charge >= 0.3 is 0 Å². The van der Waals surface area contributed by atoms with Crippen molar-refractivity contribution in [1.82, 2.24) is 25.4 Å². The summed E-state index contributed by atoms with van der Waals surface area (Å²) in [6, 6.07) is 3.77. The minimum Gasteiger partial charge on any atom is -0.257 e. The molecule has 0 saturated heterocycles. The van der Waals surface area contributed by atoms with Crippen LogP contribution in [0.5, 0.6) is 0 Å². The summed E-state index contributed by atoms with van der Waals surface area (Å²) >= 11 is 0. The highest BCUT2D eigenvalue weighted by atomic mass is 15.3. The van der Waals surface area contributed by atoms with Crippen molar-refractivity contribution >= 4 is 21.9 Å². The molecule has 2 heterocycles. The molecule has 0 amide bonds. The van der Waals surface area contributed by atoms with Crippen LogP contribution in [0.2, 0.25) is 0 Å². The van der Waals surface area contributed by atoms with E-state index < -0.39 is 0 Å². The van der Waals surface area contributed by atoms with Gasteiger partial charge in [0.1, 0.15) is 5.52 Å². The second kappa shape index (κ2) is 2.22. The normalized spacial score (nSPS) is 11.1. The summed E-state index contributed by atoms with van der Waals surface area (Å²) in [5, 5.41) is 11.3. The lowest BCUT2D eigenvalue weighted by Crippen LogP contribution is -1.81. The van der Waals surface area contributed by atoms with Crippen molar-refractivity contribution in [1.29, 1.82) is 0 Å². The van der Waals surface area contributed by atoms with Gasteiger partial charge in [-0.05, 0) is 12.1 Å². The topological polar surface area (TPSA) is 67.3 Å². The van der Waals surface area contributed by atoms with Crippen molar-refractivity contribution in [3.63, 3.8) is 0 Å². The highest BCUT2D eigenvalue weighted by molar-refractivity contribution is 5.91. The molecule has 0 aliphatic carbocycles. The first-order chi connectivity index (χ1) is 6.43. The molecule has 0 spiro atoms. The number of fused-ring (bicyclic) bond motifs is 2. The summed E-state index contributed by atoms with van der Waals surface area (Å²) in [6.45, 7) is 0. The number of hydrogen-bond donors (Lipinski definition) is 1. The summed E-state index contributed by atoms with van der Waals surface area (Å²) < 4.78 is 0. The molecule has 0 saturated carbocycles. The van der Waals surface area contributed by atoms with Crippen LogP contribution < -0.4 is 0 Å². The quantitative estimate of drug-likeness (QED) is 0.539. The zero-order chi connectivity index (χ0) is 8.67. The molecule has 1 radical (unpaired) electrons. The van der Waals surface area contributed by atoms with Gasteiger partial charge in [0.05, 0.1) is 11.0 Å². The fourth-order valence-corrected chi connectivity index (χ4v) is 1.28. The molecule has 5 nitrogen and oxygen atoms in total. The number of hydrogen-bond acceptors (Lipinski definition) is 4. The van der Waals surface area contributed by atoms with Crippen LogP contribution in [0.25, 0.3) is 21.9 Å². The van der Waals surface area contributed by atoms with E-state index in [1.54, 1.807) is 6.20 Å². The van der Waals surface area contributed by atoms with Crippen LogP contribution in [-0.4, -0.2) is 25.4 Å². The SMILES string of the molecule is [c]1ncc2cc3nn[nH]c3cc2n1. The van der Waals surface area contributed by atoms with Crippen molar-refractivity contribution < 1.29 is 0 Å². The molecule has 13 heavy (non-hydrogen) atoms. The van der Waals surface area contributed by atoms with Crippen molar-refractivity contribution in [2.45, 2.75) is 0 Å². The maximum absolute atomic E-state index is 4.00. The fraction of sp³-hybridized carbons (Fsp3) is 0. The van der Waals surface area contributed by atoms with E-state index in [1.165, 1.54) is 0 Å². The molecular weight excluding hydrogens is 166 g/mol. The number of nitrogens with one attached hydrogen (secondary N) is 1. The summed E-state index contributed by atoms with van der Waals surface area (Å²) in [7, 11) is 0. The van der Waals surface area contributed by atoms with Gasteiger partial charge in [-0.1, -0.05) is 5.21 Å². The summed E-state index contributed by atoms with van der Waals surface area (Å²) in [5.41, 5.74) is 2.54. The van der Waals surface area contributed by atoms with Crippen LogP contribution in [0.1, 0.15) is 0 Å². The minimum atomic E-state index is 0.822. The van der Waals surface area contributed by atoms with Crippen molar-refractivity contribution in [2.24, 2.45) is 0 Å². The molecule has 2 aromatic heterocycles. The molecular formula is C8H4N5. The lowest BCUT2D eigenvalue weighted by molar-refractivity contribution is 0.959. The predicted molar refractivity (Wildman–Crippen MR) is 45.8 cm³/mol. The zero-order valence-corrected chi connectivity index (χ0v) is 6.52. The third-order valence-electron chi connectivity index (χ3n) is 1.91. The molecule has 3 aromatic rings. The summed E-state index contributed by atoms with van der Waals surface area (Å²) in [5.74, 6) is 0. The van der Waals surface area contributed by atoms with Crippen molar-refractivity contribution in [3.8, 4) is 0 Å². The zero-order valence-electron chi connectivity index (χ0n) is 6.52. The first-order valence-electron chi connectivity index (χ1n) is 3.77. The van der Waals surface area contributed by atoms with E-state index in [0.29, 0.717) is 0 Å². The summed E-state index contributed by atoms with van der Waals surface area (Å²) in [4.78, 5) is 7.81. The molecule has 5 heteroatoms. The average molecular weight is 170 g/mol. The molecule has 0 unspecified atom stereocenters. The van der Waals surface area contributed by atoms with Crippen LogP contribution in [0.4, 0.5) is 0 Å². The molecule has 1 N–H and O–H groups in total. The smallest absolute Gasteiger partial charge is 0.198 e. The number of benzene rings is 1.